The summed E-state index contributed by atoms with van der Waals surface area (Å²) in [6, 6.07) is 8.66. The van der Waals surface area contributed by atoms with Gasteiger partial charge in [-0.3, -0.25) is 24.2 Å². The lowest BCUT2D eigenvalue weighted by Gasteiger charge is -2.35. The maximum Gasteiger partial charge on any atom is 0.232 e. The van der Waals surface area contributed by atoms with Crippen molar-refractivity contribution in [1.29, 1.82) is 0 Å². The molecule has 248 valence electrons. The van der Waals surface area contributed by atoms with Crippen molar-refractivity contribution in [3.8, 4) is 0 Å². The standard InChI is InChI=1S/C34H48N8O4/c1-4-5-6-11-36-32-31-28(37-34(35)38-32)9-12-41(31)23-27-8-7-26(20-24(27)2)22-39-13-15-40(16-14-39)29(43)10-18-46-19-17-42-30(44)21-25(3)33(42)45/h7-9,12,20,25H,4-6,10-11,13-19,21-23H2,1-3H3,(H3,35,36,37,38). The molecule has 0 spiro atoms. The van der Waals surface area contributed by atoms with Gasteiger partial charge in [0, 0.05) is 64.3 Å². The Kier molecular flexibility index (Phi) is 11.2. The normalized spacial score (nSPS) is 17.4. The number of unbranched alkanes of at least 4 members (excludes halogenated alkanes) is 2. The van der Waals surface area contributed by atoms with Crippen molar-refractivity contribution in [2.45, 2.75) is 66.0 Å². The number of imide groups is 1. The number of likely N-dealkylation sites (tertiary alicyclic amines) is 1. The summed E-state index contributed by atoms with van der Waals surface area (Å²) in [6.07, 6.45) is 6.03. The van der Waals surface area contributed by atoms with E-state index in [0.717, 1.165) is 55.9 Å². The number of aromatic nitrogens is 3. The quantitative estimate of drug-likeness (QED) is 0.191. The summed E-state index contributed by atoms with van der Waals surface area (Å²) in [4.78, 5) is 51.1. The number of rotatable bonds is 15. The Morgan fingerprint density at radius 3 is 2.59 bits per heavy atom. The Morgan fingerprint density at radius 2 is 1.87 bits per heavy atom. The Hall–Kier alpha value is -4.03. The van der Waals surface area contributed by atoms with Crippen LogP contribution in [0.5, 0.6) is 0 Å². The molecular weight excluding hydrogens is 584 g/mol. The molecule has 5 rings (SSSR count). The molecule has 1 unspecified atom stereocenters. The van der Waals surface area contributed by atoms with Gasteiger partial charge in [0.25, 0.3) is 0 Å². The van der Waals surface area contributed by atoms with Crippen molar-refractivity contribution in [3.63, 3.8) is 0 Å². The van der Waals surface area contributed by atoms with Crippen molar-refractivity contribution >= 4 is 40.5 Å². The summed E-state index contributed by atoms with van der Waals surface area (Å²) < 4.78 is 7.77. The minimum Gasteiger partial charge on any atom is -0.379 e. The highest BCUT2D eigenvalue weighted by atomic mass is 16.5. The van der Waals surface area contributed by atoms with Crippen molar-refractivity contribution in [2.75, 3.05) is 63.5 Å². The number of carbonyl (C=O) groups is 3. The van der Waals surface area contributed by atoms with E-state index in [1.807, 2.05) is 11.0 Å². The number of ether oxygens (including phenoxy) is 1. The molecule has 2 fully saturated rings. The number of hydrogen-bond donors (Lipinski definition) is 2. The van der Waals surface area contributed by atoms with E-state index in [0.29, 0.717) is 26.1 Å². The van der Waals surface area contributed by atoms with Crippen LogP contribution < -0.4 is 11.1 Å². The zero-order chi connectivity index (χ0) is 32.6. The Bertz CT molecular complexity index is 1530. The monoisotopic (exact) mass is 632 g/mol. The number of amides is 3. The highest BCUT2D eigenvalue weighted by Crippen LogP contribution is 2.25. The van der Waals surface area contributed by atoms with Gasteiger partial charge in [0.15, 0.2) is 5.82 Å². The van der Waals surface area contributed by atoms with E-state index >= 15 is 0 Å². The number of anilines is 2. The number of piperazine rings is 1. The van der Waals surface area contributed by atoms with Crippen molar-refractivity contribution in [3.05, 3.63) is 47.2 Å². The lowest BCUT2D eigenvalue weighted by Crippen LogP contribution is -2.48. The van der Waals surface area contributed by atoms with E-state index in [4.69, 9.17) is 10.5 Å². The van der Waals surface area contributed by atoms with Crippen LogP contribution in [0.3, 0.4) is 0 Å². The minimum atomic E-state index is -0.249. The molecule has 12 nitrogen and oxygen atoms in total. The van der Waals surface area contributed by atoms with Gasteiger partial charge >= 0.3 is 0 Å². The SMILES string of the molecule is CCCCCNc1nc(N)nc2ccn(Cc3ccc(CN4CCN(C(=O)CCOCCN5C(=O)CC(C)C5=O)CC4)cc3C)c12. The van der Waals surface area contributed by atoms with Crippen LogP contribution in [0.15, 0.2) is 30.5 Å². The summed E-state index contributed by atoms with van der Waals surface area (Å²) in [5, 5.41) is 3.47. The fraction of sp³-hybridized carbons (Fsp3) is 0.559. The molecule has 2 aliphatic rings. The van der Waals surface area contributed by atoms with Crippen LogP contribution in [0.2, 0.25) is 0 Å². The second-order valence-electron chi connectivity index (χ2n) is 12.5. The van der Waals surface area contributed by atoms with Gasteiger partial charge < -0.3 is 25.3 Å². The lowest BCUT2D eigenvalue weighted by molar-refractivity contribution is -0.141. The second-order valence-corrected chi connectivity index (χ2v) is 12.5. The van der Waals surface area contributed by atoms with Crippen LogP contribution in [0.4, 0.5) is 11.8 Å². The van der Waals surface area contributed by atoms with E-state index < -0.39 is 0 Å². The number of nitrogens with one attached hydrogen (secondary N) is 1. The zero-order valence-corrected chi connectivity index (χ0v) is 27.5. The van der Waals surface area contributed by atoms with Crippen LogP contribution >= 0.6 is 0 Å². The average Bonchev–Trinajstić information content (AvgIpc) is 3.54. The smallest absolute Gasteiger partial charge is 0.232 e. The molecule has 2 aliphatic heterocycles. The highest BCUT2D eigenvalue weighted by molar-refractivity contribution is 6.03. The summed E-state index contributed by atoms with van der Waals surface area (Å²) in [5.74, 6) is 0.604. The average molecular weight is 633 g/mol. The number of fused-ring (bicyclic) bond motifs is 1. The fourth-order valence-electron chi connectivity index (χ4n) is 6.25. The molecular formula is C34H48N8O4. The van der Waals surface area contributed by atoms with E-state index in [9.17, 15) is 14.4 Å². The number of benzene rings is 1. The molecule has 1 atom stereocenters. The van der Waals surface area contributed by atoms with Crippen LogP contribution in [-0.2, 0) is 32.2 Å². The van der Waals surface area contributed by atoms with Gasteiger partial charge in [0.2, 0.25) is 23.7 Å². The van der Waals surface area contributed by atoms with E-state index in [2.05, 4.69) is 63.0 Å². The number of nitrogens with zero attached hydrogens (tertiary/aromatic N) is 6. The first-order chi connectivity index (χ1) is 22.2. The largest absolute Gasteiger partial charge is 0.379 e. The van der Waals surface area contributed by atoms with Gasteiger partial charge in [0.1, 0.15) is 5.52 Å². The third kappa shape index (κ3) is 8.21. The first-order valence-electron chi connectivity index (χ1n) is 16.6. The molecule has 2 aromatic heterocycles. The highest BCUT2D eigenvalue weighted by Gasteiger charge is 2.35. The van der Waals surface area contributed by atoms with E-state index in [1.54, 1.807) is 6.92 Å². The van der Waals surface area contributed by atoms with E-state index in [1.165, 1.54) is 28.0 Å². The van der Waals surface area contributed by atoms with Gasteiger partial charge in [-0.15, -0.1) is 0 Å². The molecule has 3 aromatic rings. The van der Waals surface area contributed by atoms with Crippen LogP contribution in [0.1, 0.15) is 62.6 Å². The Balaban J connectivity index is 1.07. The molecule has 4 heterocycles. The maximum atomic E-state index is 12.7. The fourth-order valence-corrected chi connectivity index (χ4v) is 6.25. The van der Waals surface area contributed by atoms with Crippen molar-refractivity contribution in [1.82, 2.24) is 29.2 Å². The van der Waals surface area contributed by atoms with Gasteiger partial charge in [-0.2, -0.15) is 4.98 Å². The zero-order valence-electron chi connectivity index (χ0n) is 27.5. The van der Waals surface area contributed by atoms with Gasteiger partial charge in [-0.25, -0.2) is 4.98 Å². The summed E-state index contributed by atoms with van der Waals surface area (Å²) in [5.41, 5.74) is 11.5. The first-order valence-corrected chi connectivity index (χ1v) is 16.6. The molecule has 0 bridgehead atoms. The molecule has 0 saturated carbocycles. The van der Waals surface area contributed by atoms with Gasteiger partial charge in [-0.05, 0) is 36.1 Å². The molecule has 3 amide bonds. The van der Waals surface area contributed by atoms with Crippen LogP contribution in [0.25, 0.3) is 11.0 Å². The minimum absolute atomic E-state index is 0.0757. The molecule has 2 saturated heterocycles. The number of nitrogens with two attached hydrogens (primary N) is 1. The maximum absolute atomic E-state index is 12.7. The van der Waals surface area contributed by atoms with Crippen molar-refractivity contribution in [2.24, 2.45) is 5.92 Å². The summed E-state index contributed by atoms with van der Waals surface area (Å²) in [7, 11) is 0. The third-order valence-corrected chi connectivity index (χ3v) is 8.97. The molecule has 12 heteroatoms. The molecule has 46 heavy (non-hydrogen) atoms. The summed E-state index contributed by atoms with van der Waals surface area (Å²) in [6.45, 7) is 12.3. The van der Waals surface area contributed by atoms with E-state index in [-0.39, 0.29) is 55.8 Å². The molecule has 3 N–H and O–H groups in total. The number of nitrogen functional groups attached to an aromatic ring is 1. The predicted octanol–water partition coefficient (Wildman–Crippen LogP) is 3.42. The topological polar surface area (TPSA) is 139 Å². The second kappa shape index (κ2) is 15.5. The predicted molar refractivity (Wildman–Crippen MR) is 178 cm³/mol. The van der Waals surface area contributed by atoms with Crippen LogP contribution in [0, 0.1) is 12.8 Å². The lowest BCUT2D eigenvalue weighted by atomic mass is 10.0. The summed E-state index contributed by atoms with van der Waals surface area (Å²) >= 11 is 0. The number of carbonyl (C=O) groups excluding carboxylic acids is 3. The molecule has 0 radical (unpaired) electrons. The molecule has 0 aliphatic carbocycles. The first kappa shape index (κ1) is 33.3. The number of hydrogen-bond acceptors (Lipinski definition) is 9. The Labute approximate surface area is 271 Å². The van der Waals surface area contributed by atoms with Gasteiger partial charge in [-0.1, -0.05) is 44.9 Å². The third-order valence-electron chi connectivity index (χ3n) is 8.97. The number of aryl methyl sites for hydroxylation is 1. The Morgan fingerprint density at radius 1 is 1.07 bits per heavy atom. The van der Waals surface area contributed by atoms with Crippen LogP contribution in [-0.4, -0.2) is 99.4 Å². The van der Waals surface area contributed by atoms with Gasteiger partial charge in [0.05, 0.1) is 31.7 Å². The molecule has 1 aromatic carbocycles. The van der Waals surface area contributed by atoms with Crippen molar-refractivity contribution < 1.29 is 19.1 Å².